The first kappa shape index (κ1) is 29.0. The third kappa shape index (κ3) is 4.16. The maximum absolute atomic E-state index is 12.3. The van der Waals surface area contributed by atoms with Crippen molar-refractivity contribution < 1.29 is 23.7 Å². The highest BCUT2D eigenvalue weighted by molar-refractivity contribution is 5.91. The first-order valence-corrected chi connectivity index (χ1v) is 17.0. The zero-order chi connectivity index (χ0) is 28.6. The van der Waals surface area contributed by atoms with Crippen LogP contribution in [0.15, 0.2) is 11.6 Å². The fraction of sp³-hybridized carbons (Fsp3) is 0.914. The number of hydrogen-bond acceptors (Lipinski definition) is 6. The predicted molar refractivity (Wildman–Crippen MR) is 159 cm³/mol. The maximum atomic E-state index is 12.3. The Bertz CT molecular complexity index is 1060. The minimum absolute atomic E-state index is 0.00673. The molecule has 41 heavy (non-hydrogen) atoms. The van der Waals surface area contributed by atoms with Gasteiger partial charge in [0.1, 0.15) is 0 Å². The lowest BCUT2D eigenvalue weighted by Gasteiger charge is -2.50. The van der Waals surface area contributed by atoms with Gasteiger partial charge in [-0.15, -0.1) is 0 Å². The average molecular weight is 570 g/mol. The second-order valence-electron chi connectivity index (χ2n) is 15.8. The van der Waals surface area contributed by atoms with Crippen LogP contribution in [0.2, 0.25) is 0 Å². The molecule has 0 radical (unpaired) electrons. The Morgan fingerprint density at radius 1 is 1.00 bits per heavy atom. The van der Waals surface area contributed by atoms with Gasteiger partial charge >= 0.3 is 0 Å². The van der Waals surface area contributed by atoms with Gasteiger partial charge in [0, 0.05) is 44.0 Å². The largest absolute Gasteiger partial charge is 0.382 e. The van der Waals surface area contributed by atoms with Gasteiger partial charge in [-0.3, -0.25) is 9.69 Å². The minimum Gasteiger partial charge on any atom is -0.382 e. The number of nitrogens with zero attached hydrogens (tertiary/aromatic N) is 1. The van der Waals surface area contributed by atoms with Gasteiger partial charge in [0.05, 0.1) is 44.7 Å². The molecule has 6 nitrogen and oxygen atoms in total. The molecule has 7 rings (SSSR count). The first-order chi connectivity index (χ1) is 19.7. The molecule has 2 aliphatic heterocycles. The molecule has 4 saturated carbocycles. The molecule has 6 fully saturated rings. The lowest BCUT2D eigenvalue weighted by Crippen LogP contribution is -2.55. The van der Waals surface area contributed by atoms with E-state index in [1.807, 2.05) is 0 Å². The molecule has 0 aromatic rings. The molecule has 11 atom stereocenters. The maximum Gasteiger partial charge on any atom is 0.155 e. The molecule has 0 amide bonds. The monoisotopic (exact) mass is 569 g/mol. The highest BCUT2D eigenvalue weighted by atomic mass is 16.5. The standard InChI is InChI=1S/C35H55NO5/c1-23-18-30-31(36(21-23)12-13-39-16-17-40-15-14-38-5)24(2)35(41-30)11-9-28-27-7-6-25-19-26(37)8-10-32(25,3)29(27)20-34(28)22-33(34,35)4/h19,23-24,27-31H,6-18,20-22H2,1-5H3/t23-,24+,27-,28-,29-,30+,31-,32-,33?,34?,35+/m0/s1. The summed E-state index contributed by atoms with van der Waals surface area (Å²) in [6.45, 7) is 15.6. The number of likely N-dealkylation sites (tertiary alicyclic amines) is 1. The number of fused-ring (bicyclic) bond motifs is 6. The van der Waals surface area contributed by atoms with Crippen molar-refractivity contribution in [2.75, 3.05) is 53.2 Å². The van der Waals surface area contributed by atoms with Gasteiger partial charge in [0.2, 0.25) is 0 Å². The van der Waals surface area contributed by atoms with Gasteiger partial charge in [-0.25, -0.2) is 0 Å². The van der Waals surface area contributed by atoms with Crippen LogP contribution in [0.3, 0.4) is 0 Å². The van der Waals surface area contributed by atoms with E-state index < -0.39 is 0 Å². The van der Waals surface area contributed by atoms with Crippen LogP contribution < -0.4 is 0 Å². The number of allylic oxidation sites excluding steroid dienone is 2. The summed E-state index contributed by atoms with van der Waals surface area (Å²) in [4.78, 5) is 15.1. The SMILES string of the molecule is COCCOCCOCCN1C[C@@H](C)C[C@H]2O[C@]3(CC[C@H]4[C@@H]5CCC6=CC(=O)CC[C@]6(C)[C@H]5CC45CC53C)[C@H](C)[C@@H]21. The fourth-order valence-electron chi connectivity index (χ4n) is 12.3. The summed E-state index contributed by atoms with van der Waals surface area (Å²) < 4.78 is 24.1. The molecule has 230 valence electrons. The van der Waals surface area contributed by atoms with Crippen molar-refractivity contribution in [1.82, 2.24) is 4.90 Å². The van der Waals surface area contributed by atoms with Crippen molar-refractivity contribution in [3.8, 4) is 0 Å². The topological polar surface area (TPSA) is 57.2 Å². The number of carbonyl (C=O) groups excluding carboxylic acids is 1. The van der Waals surface area contributed by atoms with E-state index in [1.165, 1.54) is 44.1 Å². The third-order valence-corrected chi connectivity index (χ3v) is 14.2. The van der Waals surface area contributed by atoms with Gasteiger partial charge in [-0.05, 0) is 91.9 Å². The van der Waals surface area contributed by atoms with Crippen LogP contribution in [0.1, 0.15) is 85.5 Å². The highest BCUT2D eigenvalue weighted by Gasteiger charge is 2.84. The summed E-state index contributed by atoms with van der Waals surface area (Å²) in [5, 5.41) is 0. The normalized spacial score (nSPS) is 50.1. The summed E-state index contributed by atoms with van der Waals surface area (Å²) in [5.41, 5.74) is 2.48. The lowest BCUT2D eigenvalue weighted by molar-refractivity contribution is -0.148. The van der Waals surface area contributed by atoms with Crippen LogP contribution >= 0.6 is 0 Å². The van der Waals surface area contributed by atoms with E-state index in [9.17, 15) is 4.79 Å². The third-order valence-electron chi connectivity index (χ3n) is 14.2. The summed E-state index contributed by atoms with van der Waals surface area (Å²) >= 11 is 0. The fourth-order valence-corrected chi connectivity index (χ4v) is 12.3. The molecule has 0 N–H and O–H groups in total. The van der Waals surface area contributed by atoms with Crippen LogP contribution in [0, 0.1) is 45.8 Å². The highest BCUT2D eigenvalue weighted by Crippen LogP contribution is 2.87. The molecule has 6 heteroatoms. The molecule has 7 aliphatic rings. The zero-order valence-corrected chi connectivity index (χ0v) is 26.4. The molecule has 0 aromatic heterocycles. The molecule has 5 aliphatic carbocycles. The Balaban J connectivity index is 1.06. The zero-order valence-electron chi connectivity index (χ0n) is 26.4. The van der Waals surface area contributed by atoms with Gasteiger partial charge in [-0.2, -0.15) is 0 Å². The number of ketones is 1. The summed E-state index contributed by atoms with van der Waals surface area (Å²) in [6, 6.07) is 0.499. The number of piperidine rings is 1. The molecular formula is C35H55NO5. The van der Waals surface area contributed by atoms with Gasteiger partial charge in [0.25, 0.3) is 0 Å². The van der Waals surface area contributed by atoms with Crippen molar-refractivity contribution in [3.05, 3.63) is 11.6 Å². The lowest BCUT2D eigenvalue weighted by atomic mass is 9.56. The van der Waals surface area contributed by atoms with Gasteiger partial charge in [0.15, 0.2) is 5.78 Å². The van der Waals surface area contributed by atoms with Gasteiger partial charge < -0.3 is 18.9 Å². The Morgan fingerprint density at radius 2 is 1.78 bits per heavy atom. The Morgan fingerprint density at radius 3 is 2.59 bits per heavy atom. The molecule has 0 bridgehead atoms. The second kappa shape index (κ2) is 10.4. The summed E-state index contributed by atoms with van der Waals surface area (Å²) in [5.74, 6) is 4.02. The Hall–Kier alpha value is -0.790. The molecule has 2 unspecified atom stereocenters. The van der Waals surface area contributed by atoms with Crippen molar-refractivity contribution in [2.24, 2.45) is 45.8 Å². The quantitative estimate of drug-likeness (QED) is 0.333. The van der Waals surface area contributed by atoms with E-state index in [2.05, 4.69) is 38.7 Å². The van der Waals surface area contributed by atoms with E-state index in [-0.39, 0.29) is 16.4 Å². The second-order valence-corrected chi connectivity index (χ2v) is 15.8. The van der Waals surface area contributed by atoms with E-state index in [1.54, 1.807) is 7.11 Å². The van der Waals surface area contributed by atoms with Crippen LogP contribution in [0.5, 0.6) is 0 Å². The first-order valence-electron chi connectivity index (χ1n) is 17.0. The summed E-state index contributed by atoms with van der Waals surface area (Å²) in [7, 11) is 1.70. The van der Waals surface area contributed by atoms with Crippen LogP contribution in [0.25, 0.3) is 0 Å². The van der Waals surface area contributed by atoms with E-state index in [0.29, 0.717) is 61.6 Å². The Labute approximate surface area is 248 Å². The minimum atomic E-state index is 0.00673. The molecule has 0 aromatic carbocycles. The van der Waals surface area contributed by atoms with E-state index in [0.717, 1.165) is 56.7 Å². The van der Waals surface area contributed by atoms with Crippen LogP contribution in [-0.2, 0) is 23.7 Å². The van der Waals surface area contributed by atoms with Crippen molar-refractivity contribution >= 4 is 5.78 Å². The predicted octanol–water partition coefficient (Wildman–Crippen LogP) is 5.68. The molecular weight excluding hydrogens is 514 g/mol. The van der Waals surface area contributed by atoms with E-state index in [4.69, 9.17) is 18.9 Å². The number of carbonyl (C=O) groups is 1. The average Bonchev–Trinajstić information content (AvgIpc) is 3.28. The van der Waals surface area contributed by atoms with Crippen molar-refractivity contribution in [3.63, 3.8) is 0 Å². The number of ether oxygens (including phenoxy) is 4. The Kier molecular flexibility index (Phi) is 7.34. The number of rotatable bonds is 9. The van der Waals surface area contributed by atoms with Crippen LogP contribution in [0.4, 0.5) is 0 Å². The number of methoxy groups -OCH3 is 1. The van der Waals surface area contributed by atoms with E-state index >= 15 is 0 Å². The smallest absolute Gasteiger partial charge is 0.155 e. The summed E-state index contributed by atoms with van der Waals surface area (Å²) in [6.07, 6.45) is 13.2. The van der Waals surface area contributed by atoms with Crippen LogP contribution in [-0.4, -0.2) is 81.7 Å². The molecule has 2 saturated heterocycles. The molecule has 2 heterocycles. The van der Waals surface area contributed by atoms with Gasteiger partial charge in [-0.1, -0.05) is 33.3 Å². The molecule has 2 spiro atoms. The number of hydrogen-bond donors (Lipinski definition) is 0. The van der Waals surface area contributed by atoms with Crippen molar-refractivity contribution in [1.29, 1.82) is 0 Å². The van der Waals surface area contributed by atoms with Crippen molar-refractivity contribution in [2.45, 2.75) is 103 Å².